The summed E-state index contributed by atoms with van der Waals surface area (Å²) in [6, 6.07) is 4.22. The first-order chi connectivity index (χ1) is 13.4. The molecule has 2 N–H and O–H groups in total. The van der Waals surface area contributed by atoms with Crippen molar-refractivity contribution in [1.82, 2.24) is 10.4 Å². The molecule has 1 aromatic carbocycles. The highest BCUT2D eigenvalue weighted by Gasteiger charge is 2.58. The largest absolute Gasteiger partial charge is 0.381 e. The maximum atomic E-state index is 13.4. The first-order valence-corrected chi connectivity index (χ1v) is 11.1. The average molecular weight is 408 g/mol. The molecular weight excluding hydrogens is 384 g/mol. The van der Waals surface area contributed by atoms with Crippen molar-refractivity contribution in [3.63, 3.8) is 0 Å². The zero-order valence-electron chi connectivity index (χ0n) is 15.5. The van der Waals surface area contributed by atoms with Crippen LogP contribution < -0.4 is 5.48 Å². The summed E-state index contributed by atoms with van der Waals surface area (Å²) in [5, 5.41) is 8.79. The van der Waals surface area contributed by atoms with Gasteiger partial charge >= 0.3 is 0 Å². The molecule has 0 aliphatic carbocycles. The van der Waals surface area contributed by atoms with Gasteiger partial charge < -0.3 is 9.64 Å². The Morgan fingerprint density at radius 3 is 2.75 bits per heavy atom. The third-order valence-corrected chi connectivity index (χ3v) is 8.90. The van der Waals surface area contributed by atoms with E-state index in [1.165, 1.54) is 18.2 Å². The van der Waals surface area contributed by atoms with Crippen LogP contribution in [0.25, 0.3) is 0 Å². The van der Waals surface area contributed by atoms with Crippen LogP contribution in [-0.2, 0) is 25.8 Å². The summed E-state index contributed by atoms with van der Waals surface area (Å²) >= 11 is 0. The van der Waals surface area contributed by atoms with Gasteiger partial charge in [-0.2, -0.15) is 0 Å². The van der Waals surface area contributed by atoms with Crippen LogP contribution in [0.15, 0.2) is 23.1 Å². The summed E-state index contributed by atoms with van der Waals surface area (Å²) in [4.78, 5) is 26.7. The number of carbonyl (C=O) groups excluding carboxylic acids is 2. The summed E-state index contributed by atoms with van der Waals surface area (Å²) in [6.45, 7) is 2.41. The number of likely N-dealkylation sites (tertiary alicyclic amines) is 1. The fraction of sp³-hybridized carbons (Fsp3) is 0.579. The lowest BCUT2D eigenvalue weighted by atomic mass is 9.95. The lowest BCUT2D eigenvalue weighted by molar-refractivity contribution is -0.131. The minimum absolute atomic E-state index is 0.120. The quantitative estimate of drug-likeness (QED) is 0.568. The van der Waals surface area contributed by atoms with E-state index in [1.807, 2.05) is 0 Å². The van der Waals surface area contributed by atoms with Crippen molar-refractivity contribution < 1.29 is 28.0 Å². The molecule has 0 aromatic heterocycles. The van der Waals surface area contributed by atoms with Gasteiger partial charge in [0, 0.05) is 31.9 Å². The second-order valence-electron chi connectivity index (χ2n) is 7.82. The smallest absolute Gasteiger partial charge is 0.274 e. The Morgan fingerprint density at radius 1 is 1.29 bits per heavy atom. The molecule has 1 atom stereocenters. The predicted octanol–water partition coefficient (Wildman–Crippen LogP) is 0.923. The van der Waals surface area contributed by atoms with Crippen molar-refractivity contribution in [3.8, 4) is 0 Å². The Labute approximate surface area is 163 Å². The lowest BCUT2D eigenvalue weighted by Crippen LogP contribution is -2.50. The first kappa shape index (κ1) is 19.4. The molecule has 3 aliphatic rings. The van der Waals surface area contributed by atoms with Crippen molar-refractivity contribution >= 4 is 21.7 Å². The van der Waals surface area contributed by atoms with Gasteiger partial charge in [-0.1, -0.05) is 0 Å². The van der Waals surface area contributed by atoms with Crippen LogP contribution in [0.4, 0.5) is 0 Å². The van der Waals surface area contributed by atoms with Gasteiger partial charge in [-0.05, 0) is 61.8 Å². The summed E-state index contributed by atoms with van der Waals surface area (Å²) < 4.78 is 30.8. The van der Waals surface area contributed by atoms with Crippen molar-refractivity contribution in [2.24, 2.45) is 5.92 Å². The number of hydrogen-bond donors (Lipinski definition) is 2. The molecule has 1 unspecified atom stereocenters. The lowest BCUT2D eigenvalue weighted by Gasteiger charge is -2.34. The predicted molar refractivity (Wildman–Crippen MR) is 98.7 cm³/mol. The second kappa shape index (κ2) is 7.13. The molecule has 8 nitrogen and oxygen atoms in total. The highest BCUT2D eigenvalue weighted by Crippen LogP contribution is 2.44. The number of carbonyl (C=O) groups is 2. The first-order valence-electron chi connectivity index (χ1n) is 9.58. The maximum absolute atomic E-state index is 13.4. The number of hydrogen-bond acceptors (Lipinski definition) is 6. The molecule has 4 rings (SSSR count). The standard InChI is InChI=1S/C19H24N2O6S/c22-17(20-24)15-1-2-16-14(11-15)3-6-19(28(16,25)26)7-8-21(18(19)23)12-13-4-9-27-10-5-13/h1-2,11,13,24H,3-10,12H2,(H,20,22). The number of aryl methyl sites for hydroxylation is 1. The normalized spacial score (nSPS) is 27.0. The number of fused-ring (bicyclic) bond motifs is 1. The molecule has 152 valence electrons. The van der Waals surface area contributed by atoms with E-state index in [2.05, 4.69) is 0 Å². The van der Waals surface area contributed by atoms with Gasteiger partial charge in [-0.3, -0.25) is 14.8 Å². The van der Waals surface area contributed by atoms with Crippen molar-refractivity contribution in [2.75, 3.05) is 26.3 Å². The number of nitrogens with zero attached hydrogens (tertiary/aromatic N) is 1. The third-order valence-electron chi connectivity index (χ3n) is 6.31. The maximum Gasteiger partial charge on any atom is 0.274 e. The van der Waals surface area contributed by atoms with Gasteiger partial charge in [0.25, 0.3) is 5.91 Å². The third kappa shape index (κ3) is 2.92. The number of rotatable bonds is 3. The van der Waals surface area contributed by atoms with E-state index in [1.54, 1.807) is 10.4 Å². The zero-order valence-corrected chi connectivity index (χ0v) is 16.3. The van der Waals surface area contributed by atoms with Crippen molar-refractivity contribution in [3.05, 3.63) is 29.3 Å². The van der Waals surface area contributed by atoms with E-state index in [-0.39, 0.29) is 22.8 Å². The Hall–Kier alpha value is -1.97. The Morgan fingerprint density at radius 2 is 2.04 bits per heavy atom. The van der Waals surface area contributed by atoms with Gasteiger partial charge in [-0.15, -0.1) is 0 Å². The number of sulfone groups is 1. The molecule has 2 amide bonds. The van der Waals surface area contributed by atoms with E-state index in [9.17, 15) is 18.0 Å². The van der Waals surface area contributed by atoms with Gasteiger partial charge in [0.15, 0.2) is 14.6 Å². The zero-order chi connectivity index (χ0) is 19.9. The highest BCUT2D eigenvalue weighted by atomic mass is 32.2. The minimum Gasteiger partial charge on any atom is -0.381 e. The van der Waals surface area contributed by atoms with Crippen molar-refractivity contribution in [1.29, 1.82) is 0 Å². The van der Waals surface area contributed by atoms with Crippen LogP contribution in [0.5, 0.6) is 0 Å². The van der Waals surface area contributed by atoms with Crippen LogP contribution >= 0.6 is 0 Å². The van der Waals surface area contributed by atoms with Gasteiger partial charge in [-0.25, -0.2) is 13.9 Å². The molecule has 0 radical (unpaired) electrons. The van der Waals surface area contributed by atoms with E-state index in [0.29, 0.717) is 50.6 Å². The number of benzene rings is 1. The SMILES string of the molecule is O=C(NO)c1ccc2c(c1)CCC1(CCN(CC3CCOCC3)C1=O)S2(=O)=O. The minimum atomic E-state index is -3.86. The molecule has 3 heterocycles. The second-order valence-corrected chi connectivity index (χ2v) is 10.0. The van der Waals surface area contributed by atoms with E-state index < -0.39 is 20.5 Å². The Bertz CT molecular complexity index is 909. The van der Waals surface area contributed by atoms with Crippen LogP contribution in [-0.4, -0.2) is 61.4 Å². The Kier molecular flexibility index (Phi) is 4.93. The molecular formula is C19H24N2O6S. The molecule has 2 fully saturated rings. The molecule has 1 spiro atoms. The summed E-state index contributed by atoms with van der Waals surface area (Å²) in [5.74, 6) is -0.632. The van der Waals surface area contributed by atoms with E-state index >= 15 is 0 Å². The Balaban J connectivity index is 1.61. The van der Waals surface area contributed by atoms with Crippen LogP contribution in [0.1, 0.15) is 41.6 Å². The topological polar surface area (TPSA) is 113 Å². The average Bonchev–Trinajstić information content (AvgIpc) is 3.02. The van der Waals surface area contributed by atoms with Gasteiger partial charge in [0.05, 0.1) is 4.90 Å². The molecule has 28 heavy (non-hydrogen) atoms. The molecule has 0 bridgehead atoms. The van der Waals surface area contributed by atoms with Crippen LogP contribution in [0.3, 0.4) is 0 Å². The molecule has 3 aliphatic heterocycles. The fourth-order valence-corrected chi connectivity index (χ4v) is 6.90. The van der Waals surface area contributed by atoms with E-state index in [4.69, 9.17) is 9.94 Å². The number of ether oxygens (including phenoxy) is 1. The fourth-order valence-electron chi connectivity index (χ4n) is 4.63. The summed E-state index contributed by atoms with van der Waals surface area (Å²) in [5.41, 5.74) is 2.25. The molecule has 2 saturated heterocycles. The monoisotopic (exact) mass is 408 g/mol. The highest BCUT2D eigenvalue weighted by molar-refractivity contribution is 7.93. The van der Waals surface area contributed by atoms with E-state index in [0.717, 1.165) is 12.8 Å². The number of amides is 2. The van der Waals surface area contributed by atoms with Gasteiger partial charge in [0.1, 0.15) is 0 Å². The van der Waals surface area contributed by atoms with Crippen molar-refractivity contribution in [2.45, 2.75) is 41.7 Å². The molecule has 9 heteroatoms. The van der Waals surface area contributed by atoms with Gasteiger partial charge in [0.2, 0.25) is 5.91 Å². The summed E-state index contributed by atoms with van der Waals surface area (Å²) in [6.07, 6.45) is 2.70. The van der Waals surface area contributed by atoms with Crippen LogP contribution in [0, 0.1) is 5.92 Å². The molecule has 1 aromatic rings. The number of nitrogens with one attached hydrogen (secondary N) is 1. The van der Waals surface area contributed by atoms with Crippen LogP contribution in [0.2, 0.25) is 0 Å². The molecule has 0 saturated carbocycles. The summed E-state index contributed by atoms with van der Waals surface area (Å²) in [7, 11) is -3.86. The number of hydroxylamine groups is 1.